The molecule has 2 heteroatoms. The monoisotopic (exact) mass is 214 g/mol. The van der Waals surface area contributed by atoms with Crippen LogP contribution in [-0.2, 0) is 0 Å². The Balaban J connectivity index is 3.57. The first-order valence-corrected chi connectivity index (χ1v) is 6.53. The average Bonchev–Trinajstić information content (AvgIpc) is 2.24. The molecule has 2 atom stereocenters. The fraction of sp³-hybridized carbons (Fsp3) is 1.00. The van der Waals surface area contributed by atoms with Crippen molar-refractivity contribution >= 4 is 0 Å². The minimum absolute atomic E-state index is 0.708. The van der Waals surface area contributed by atoms with E-state index in [9.17, 15) is 0 Å². The van der Waals surface area contributed by atoms with Crippen molar-refractivity contribution in [3.63, 3.8) is 0 Å². The Kier molecular flexibility index (Phi) is 9.12. The molecular formula is C13H30N2. The topological polar surface area (TPSA) is 15.3 Å². The van der Waals surface area contributed by atoms with Gasteiger partial charge in [0.1, 0.15) is 0 Å². The van der Waals surface area contributed by atoms with E-state index in [1.807, 2.05) is 0 Å². The number of hydrogen-bond acceptors (Lipinski definition) is 2. The lowest BCUT2D eigenvalue weighted by Crippen LogP contribution is -2.31. The third-order valence-corrected chi connectivity index (χ3v) is 3.42. The molecule has 0 heterocycles. The second kappa shape index (κ2) is 9.17. The Hall–Kier alpha value is -0.0800. The van der Waals surface area contributed by atoms with Crippen molar-refractivity contribution in [2.75, 3.05) is 20.6 Å². The van der Waals surface area contributed by atoms with E-state index in [1.54, 1.807) is 0 Å². The van der Waals surface area contributed by atoms with Crippen molar-refractivity contribution in [1.82, 2.24) is 10.2 Å². The summed E-state index contributed by atoms with van der Waals surface area (Å²) in [4.78, 5) is 2.49. The highest BCUT2D eigenvalue weighted by atomic mass is 15.1. The van der Waals surface area contributed by atoms with E-state index in [0.717, 1.165) is 6.04 Å². The normalized spacial score (nSPS) is 15.6. The van der Waals surface area contributed by atoms with Crippen molar-refractivity contribution < 1.29 is 0 Å². The fourth-order valence-electron chi connectivity index (χ4n) is 2.00. The van der Waals surface area contributed by atoms with E-state index < -0.39 is 0 Å². The van der Waals surface area contributed by atoms with Crippen LogP contribution < -0.4 is 5.32 Å². The van der Waals surface area contributed by atoms with Crippen molar-refractivity contribution in [1.29, 1.82) is 0 Å². The van der Waals surface area contributed by atoms with E-state index in [4.69, 9.17) is 0 Å². The minimum Gasteiger partial charge on any atom is -0.317 e. The highest BCUT2D eigenvalue weighted by molar-refractivity contribution is 4.66. The molecule has 0 saturated heterocycles. The van der Waals surface area contributed by atoms with Crippen molar-refractivity contribution in [2.45, 2.75) is 65.0 Å². The molecule has 0 fully saturated rings. The summed E-state index contributed by atoms with van der Waals surface area (Å²) in [5, 5.41) is 3.36. The van der Waals surface area contributed by atoms with Crippen LogP contribution in [-0.4, -0.2) is 37.6 Å². The molecule has 15 heavy (non-hydrogen) atoms. The first-order chi connectivity index (χ1) is 7.15. The number of nitrogens with zero attached hydrogens (tertiary/aromatic N) is 1. The number of nitrogens with one attached hydrogen (secondary N) is 1. The van der Waals surface area contributed by atoms with Crippen LogP contribution in [0.2, 0.25) is 0 Å². The SMILES string of the molecule is CCCC(C)N(C)CCCC(CC)NC. The van der Waals surface area contributed by atoms with Crippen LogP contribution in [0.15, 0.2) is 0 Å². The molecule has 1 N–H and O–H groups in total. The zero-order valence-electron chi connectivity index (χ0n) is 11.3. The quantitative estimate of drug-likeness (QED) is 0.635. The van der Waals surface area contributed by atoms with Gasteiger partial charge in [-0.3, -0.25) is 0 Å². The molecule has 0 bridgehead atoms. The van der Waals surface area contributed by atoms with Crippen molar-refractivity contribution in [3.05, 3.63) is 0 Å². The third kappa shape index (κ3) is 6.91. The van der Waals surface area contributed by atoms with E-state index in [0.29, 0.717) is 6.04 Å². The molecule has 0 amide bonds. The molecule has 0 aromatic carbocycles. The van der Waals surface area contributed by atoms with Crippen LogP contribution in [0, 0.1) is 0 Å². The lowest BCUT2D eigenvalue weighted by atomic mass is 10.1. The summed E-state index contributed by atoms with van der Waals surface area (Å²) < 4.78 is 0. The maximum Gasteiger partial charge on any atom is 0.00637 e. The first kappa shape index (κ1) is 14.9. The highest BCUT2D eigenvalue weighted by Crippen LogP contribution is 2.07. The molecule has 92 valence electrons. The predicted molar refractivity (Wildman–Crippen MR) is 69.4 cm³/mol. The second-order valence-electron chi connectivity index (χ2n) is 4.65. The van der Waals surface area contributed by atoms with Gasteiger partial charge in [0.25, 0.3) is 0 Å². The largest absolute Gasteiger partial charge is 0.317 e. The summed E-state index contributed by atoms with van der Waals surface area (Å²) in [5.74, 6) is 0. The minimum atomic E-state index is 0.708. The molecule has 0 aromatic heterocycles. The molecule has 2 unspecified atom stereocenters. The Morgan fingerprint density at radius 2 is 1.87 bits per heavy atom. The Morgan fingerprint density at radius 3 is 2.33 bits per heavy atom. The molecule has 0 spiro atoms. The standard InChI is InChI=1S/C13H30N2/c1-6-9-12(3)15(5)11-8-10-13(7-2)14-4/h12-14H,6-11H2,1-5H3. The Morgan fingerprint density at radius 1 is 1.20 bits per heavy atom. The summed E-state index contributed by atoms with van der Waals surface area (Å²) >= 11 is 0. The molecule has 0 aliphatic rings. The van der Waals surface area contributed by atoms with E-state index in [-0.39, 0.29) is 0 Å². The van der Waals surface area contributed by atoms with Crippen LogP contribution in [0.3, 0.4) is 0 Å². The lowest BCUT2D eigenvalue weighted by Gasteiger charge is -2.25. The van der Waals surface area contributed by atoms with Gasteiger partial charge in [-0.15, -0.1) is 0 Å². The second-order valence-corrected chi connectivity index (χ2v) is 4.65. The van der Waals surface area contributed by atoms with Gasteiger partial charge in [-0.25, -0.2) is 0 Å². The smallest absolute Gasteiger partial charge is 0.00637 e. The van der Waals surface area contributed by atoms with Crippen LogP contribution in [0.25, 0.3) is 0 Å². The zero-order chi connectivity index (χ0) is 11.7. The van der Waals surface area contributed by atoms with Crippen LogP contribution in [0.5, 0.6) is 0 Å². The number of hydrogen-bond donors (Lipinski definition) is 1. The summed E-state index contributed by atoms with van der Waals surface area (Å²) in [7, 11) is 4.32. The maximum atomic E-state index is 3.36. The van der Waals surface area contributed by atoms with Crippen molar-refractivity contribution in [2.24, 2.45) is 0 Å². The van der Waals surface area contributed by atoms with Gasteiger partial charge in [0, 0.05) is 12.1 Å². The van der Waals surface area contributed by atoms with Gasteiger partial charge >= 0.3 is 0 Å². The van der Waals surface area contributed by atoms with Crippen LogP contribution >= 0.6 is 0 Å². The predicted octanol–water partition coefficient (Wildman–Crippen LogP) is 2.89. The maximum absolute atomic E-state index is 3.36. The molecule has 0 saturated carbocycles. The summed E-state index contributed by atoms with van der Waals surface area (Å²) in [6, 6.07) is 1.45. The molecule has 2 nitrogen and oxygen atoms in total. The Bertz CT molecular complexity index is 132. The van der Waals surface area contributed by atoms with Gasteiger partial charge in [0.05, 0.1) is 0 Å². The molecule has 0 radical (unpaired) electrons. The molecule has 0 aliphatic heterocycles. The molecule has 0 aromatic rings. The van der Waals surface area contributed by atoms with Crippen LogP contribution in [0.4, 0.5) is 0 Å². The van der Waals surface area contributed by atoms with Gasteiger partial charge in [-0.05, 0) is 53.2 Å². The number of rotatable bonds is 9. The van der Waals surface area contributed by atoms with Gasteiger partial charge in [0.2, 0.25) is 0 Å². The average molecular weight is 214 g/mol. The summed E-state index contributed by atoms with van der Waals surface area (Å²) in [6.45, 7) is 8.08. The van der Waals surface area contributed by atoms with E-state index in [1.165, 1.54) is 38.6 Å². The summed E-state index contributed by atoms with van der Waals surface area (Å²) in [5.41, 5.74) is 0. The zero-order valence-corrected chi connectivity index (χ0v) is 11.3. The molecule has 0 rings (SSSR count). The van der Waals surface area contributed by atoms with Gasteiger partial charge in [-0.2, -0.15) is 0 Å². The van der Waals surface area contributed by atoms with Gasteiger partial charge in [0.15, 0.2) is 0 Å². The van der Waals surface area contributed by atoms with Gasteiger partial charge in [-0.1, -0.05) is 20.3 Å². The molecular weight excluding hydrogens is 184 g/mol. The van der Waals surface area contributed by atoms with Gasteiger partial charge < -0.3 is 10.2 Å². The van der Waals surface area contributed by atoms with Crippen molar-refractivity contribution in [3.8, 4) is 0 Å². The fourth-order valence-corrected chi connectivity index (χ4v) is 2.00. The highest BCUT2D eigenvalue weighted by Gasteiger charge is 2.08. The Labute approximate surface area is 96.4 Å². The first-order valence-electron chi connectivity index (χ1n) is 6.53. The lowest BCUT2D eigenvalue weighted by molar-refractivity contribution is 0.236. The third-order valence-electron chi connectivity index (χ3n) is 3.42. The van der Waals surface area contributed by atoms with Crippen LogP contribution in [0.1, 0.15) is 52.9 Å². The van der Waals surface area contributed by atoms with E-state index in [2.05, 4.69) is 45.1 Å². The molecule has 0 aliphatic carbocycles. The summed E-state index contributed by atoms with van der Waals surface area (Å²) in [6.07, 6.45) is 6.46. The van der Waals surface area contributed by atoms with E-state index >= 15 is 0 Å².